The third-order valence-electron chi connectivity index (χ3n) is 4.93. The van der Waals surface area contributed by atoms with Gasteiger partial charge in [0.15, 0.2) is 5.82 Å². The molecule has 0 atom stereocenters. The maximum Gasteiger partial charge on any atom is 0.416 e. The maximum absolute atomic E-state index is 14.5. The Morgan fingerprint density at radius 3 is 2.52 bits per heavy atom. The van der Waals surface area contributed by atoms with Crippen LogP contribution in [0.3, 0.4) is 0 Å². The topological polar surface area (TPSA) is 91.2 Å². The number of nitrogens with zero attached hydrogens (tertiary/aromatic N) is 3. The normalized spacial score (nSPS) is 21.8. The summed E-state index contributed by atoms with van der Waals surface area (Å²) in [5.74, 6) is -1.79. The van der Waals surface area contributed by atoms with Crippen LogP contribution in [0.5, 0.6) is 5.75 Å². The molecule has 6 nitrogen and oxygen atoms in total. The fourth-order valence-corrected chi connectivity index (χ4v) is 3.58. The molecule has 29 heavy (non-hydrogen) atoms. The summed E-state index contributed by atoms with van der Waals surface area (Å²) in [4.78, 5) is 3.97. The van der Waals surface area contributed by atoms with E-state index in [9.17, 15) is 27.8 Å². The number of phenols is 1. The van der Waals surface area contributed by atoms with Crippen LogP contribution in [0.2, 0.25) is 0 Å². The first kappa shape index (κ1) is 19.3. The van der Waals surface area contributed by atoms with Crippen molar-refractivity contribution in [2.24, 2.45) is 0 Å². The summed E-state index contributed by atoms with van der Waals surface area (Å²) in [6.07, 6.45) is -0.921. The quantitative estimate of drug-likeness (QED) is 0.570. The monoisotopic (exact) mass is 408 g/mol. The lowest BCUT2D eigenvalue weighted by atomic mass is 9.77. The summed E-state index contributed by atoms with van der Waals surface area (Å²) < 4.78 is 53.1. The fraction of sp³-hybridized carbons (Fsp3) is 0.316. The molecule has 0 spiro atoms. The first-order valence-electron chi connectivity index (χ1n) is 8.74. The van der Waals surface area contributed by atoms with Gasteiger partial charge in [-0.3, -0.25) is 4.98 Å². The number of nitrogens with one attached hydrogen (secondary N) is 1. The lowest BCUT2D eigenvalue weighted by Crippen LogP contribution is -2.48. The second-order valence-corrected chi connectivity index (χ2v) is 7.41. The summed E-state index contributed by atoms with van der Waals surface area (Å²) in [6.45, 7) is 1.72. The molecule has 0 unspecified atom stereocenters. The number of aromatic nitrogens is 3. The standard InChI is InChI=1S/C19H16F4N4O2/c1-18(29)6-10(7-18)25-17-11-2-3-24-8-12(11)16(26-27-17)15-13(20)4-9(5-14(15)28)19(21,22)23/h2-5,8,10,28-29H,6-7H2,1H3,(H,25,27)/t10-,18+. The summed E-state index contributed by atoms with van der Waals surface area (Å²) >= 11 is 0. The minimum atomic E-state index is -4.80. The van der Waals surface area contributed by atoms with Crippen LogP contribution < -0.4 is 5.32 Å². The second kappa shape index (κ2) is 6.51. The molecule has 2 heterocycles. The highest BCUT2D eigenvalue weighted by Crippen LogP contribution is 2.41. The minimum Gasteiger partial charge on any atom is -0.507 e. The molecule has 1 aromatic carbocycles. The van der Waals surface area contributed by atoms with E-state index in [0.29, 0.717) is 41.6 Å². The van der Waals surface area contributed by atoms with Crippen molar-refractivity contribution in [3.8, 4) is 17.0 Å². The molecule has 1 aliphatic carbocycles. The predicted molar refractivity (Wildman–Crippen MR) is 96.7 cm³/mol. The number of anilines is 1. The smallest absolute Gasteiger partial charge is 0.416 e. The zero-order valence-electron chi connectivity index (χ0n) is 15.1. The van der Waals surface area contributed by atoms with E-state index >= 15 is 0 Å². The van der Waals surface area contributed by atoms with Gasteiger partial charge in [-0.2, -0.15) is 13.2 Å². The van der Waals surface area contributed by atoms with Crippen molar-refractivity contribution >= 4 is 16.6 Å². The lowest BCUT2D eigenvalue weighted by Gasteiger charge is -2.41. The lowest BCUT2D eigenvalue weighted by molar-refractivity contribution is -0.137. The number of hydrogen-bond donors (Lipinski definition) is 3. The molecule has 0 saturated heterocycles. The molecule has 1 fully saturated rings. The maximum atomic E-state index is 14.5. The van der Waals surface area contributed by atoms with E-state index in [1.165, 1.54) is 12.4 Å². The fourth-order valence-electron chi connectivity index (χ4n) is 3.58. The molecule has 2 aromatic heterocycles. The van der Waals surface area contributed by atoms with Crippen LogP contribution in [0.4, 0.5) is 23.4 Å². The van der Waals surface area contributed by atoms with Crippen molar-refractivity contribution in [3.05, 3.63) is 42.0 Å². The summed E-state index contributed by atoms with van der Waals surface area (Å²) in [5, 5.41) is 31.9. The Morgan fingerprint density at radius 2 is 1.90 bits per heavy atom. The van der Waals surface area contributed by atoms with Gasteiger partial charge in [-0.15, -0.1) is 10.2 Å². The van der Waals surface area contributed by atoms with E-state index in [4.69, 9.17) is 0 Å². The number of phenolic OH excluding ortho intramolecular Hbond substituents is 1. The van der Waals surface area contributed by atoms with E-state index < -0.39 is 34.5 Å². The second-order valence-electron chi connectivity index (χ2n) is 7.41. The molecule has 10 heteroatoms. The van der Waals surface area contributed by atoms with Crippen molar-refractivity contribution in [1.29, 1.82) is 0 Å². The number of pyridine rings is 1. The van der Waals surface area contributed by atoms with Crippen LogP contribution in [-0.4, -0.2) is 37.0 Å². The molecular weight excluding hydrogens is 392 g/mol. The average molecular weight is 408 g/mol. The zero-order valence-corrected chi connectivity index (χ0v) is 15.1. The first-order chi connectivity index (χ1) is 13.5. The van der Waals surface area contributed by atoms with E-state index in [1.807, 2.05) is 0 Å². The van der Waals surface area contributed by atoms with E-state index in [0.717, 1.165) is 0 Å². The van der Waals surface area contributed by atoms with Gasteiger partial charge in [-0.05, 0) is 38.0 Å². The van der Waals surface area contributed by atoms with Gasteiger partial charge in [0.1, 0.15) is 17.3 Å². The number of rotatable bonds is 3. The highest BCUT2D eigenvalue weighted by molar-refractivity contribution is 6.00. The van der Waals surface area contributed by atoms with Gasteiger partial charge in [-0.25, -0.2) is 4.39 Å². The van der Waals surface area contributed by atoms with Gasteiger partial charge in [0.2, 0.25) is 0 Å². The van der Waals surface area contributed by atoms with Crippen molar-refractivity contribution in [2.45, 2.75) is 37.6 Å². The van der Waals surface area contributed by atoms with Crippen LogP contribution in [0.25, 0.3) is 22.0 Å². The zero-order chi connectivity index (χ0) is 21.0. The Balaban J connectivity index is 1.79. The van der Waals surface area contributed by atoms with Crippen LogP contribution in [0.1, 0.15) is 25.3 Å². The number of alkyl halides is 3. The number of halogens is 4. The number of aromatic hydroxyl groups is 1. The van der Waals surface area contributed by atoms with Crippen LogP contribution in [-0.2, 0) is 6.18 Å². The molecule has 3 aromatic rings. The highest BCUT2D eigenvalue weighted by Gasteiger charge is 2.39. The van der Waals surface area contributed by atoms with Crippen LogP contribution >= 0.6 is 0 Å². The van der Waals surface area contributed by atoms with E-state index in [1.54, 1.807) is 13.0 Å². The molecular formula is C19H16F4N4O2. The molecule has 1 aliphatic rings. The van der Waals surface area contributed by atoms with Gasteiger partial charge in [0.25, 0.3) is 0 Å². The van der Waals surface area contributed by atoms with Crippen molar-refractivity contribution in [1.82, 2.24) is 15.2 Å². The van der Waals surface area contributed by atoms with E-state index in [-0.39, 0.29) is 11.7 Å². The summed E-state index contributed by atoms with van der Waals surface area (Å²) in [6, 6.07) is 2.33. The largest absolute Gasteiger partial charge is 0.507 e. The van der Waals surface area contributed by atoms with Crippen molar-refractivity contribution in [2.75, 3.05) is 5.32 Å². The third-order valence-corrected chi connectivity index (χ3v) is 4.93. The SMILES string of the molecule is C[C@]1(O)C[C@@H](Nc2nnc(-c3c(O)cc(C(F)(F)F)cc3F)c3cnccc23)C1. The molecule has 0 aliphatic heterocycles. The molecule has 152 valence electrons. The summed E-state index contributed by atoms with van der Waals surface area (Å²) in [7, 11) is 0. The Labute approximate surface area is 162 Å². The number of hydrogen-bond acceptors (Lipinski definition) is 6. The molecule has 4 rings (SSSR count). The first-order valence-corrected chi connectivity index (χ1v) is 8.74. The third kappa shape index (κ3) is 3.55. The summed E-state index contributed by atoms with van der Waals surface area (Å²) in [5.41, 5.74) is -2.66. The minimum absolute atomic E-state index is 0.0299. The van der Waals surface area contributed by atoms with Crippen molar-refractivity contribution < 1.29 is 27.8 Å². The Bertz CT molecular complexity index is 1070. The average Bonchev–Trinajstić information content (AvgIpc) is 2.60. The van der Waals surface area contributed by atoms with Gasteiger partial charge < -0.3 is 15.5 Å². The molecule has 0 radical (unpaired) electrons. The predicted octanol–water partition coefficient (Wildman–Crippen LogP) is 3.88. The van der Waals surface area contributed by atoms with Gasteiger partial charge in [0, 0.05) is 29.2 Å². The Morgan fingerprint density at radius 1 is 1.17 bits per heavy atom. The highest BCUT2D eigenvalue weighted by atomic mass is 19.4. The van der Waals surface area contributed by atoms with Crippen molar-refractivity contribution in [3.63, 3.8) is 0 Å². The molecule has 1 saturated carbocycles. The van der Waals surface area contributed by atoms with Crippen LogP contribution in [0, 0.1) is 5.82 Å². The number of benzene rings is 1. The molecule has 0 amide bonds. The number of aliphatic hydroxyl groups is 1. The van der Waals surface area contributed by atoms with Gasteiger partial charge in [0.05, 0.1) is 16.7 Å². The Kier molecular flexibility index (Phi) is 4.34. The van der Waals surface area contributed by atoms with Crippen LogP contribution in [0.15, 0.2) is 30.6 Å². The van der Waals surface area contributed by atoms with Gasteiger partial charge >= 0.3 is 6.18 Å². The molecule has 3 N–H and O–H groups in total. The van der Waals surface area contributed by atoms with Gasteiger partial charge in [-0.1, -0.05) is 0 Å². The molecule has 0 bridgehead atoms. The number of fused-ring (bicyclic) bond motifs is 1. The van der Waals surface area contributed by atoms with E-state index in [2.05, 4.69) is 20.5 Å². The Hall–Kier alpha value is -3.01.